The van der Waals surface area contributed by atoms with Crippen molar-refractivity contribution in [1.29, 1.82) is 0 Å². The molecule has 0 spiro atoms. The van der Waals surface area contributed by atoms with Gasteiger partial charge in [-0.1, -0.05) is 24.3 Å². The predicted octanol–water partition coefficient (Wildman–Crippen LogP) is 2.99. The zero-order chi connectivity index (χ0) is 22.3. The number of anilines is 1. The minimum Gasteiger partial charge on any atom is -0.482 e. The first-order valence-corrected chi connectivity index (χ1v) is 9.70. The van der Waals surface area contributed by atoms with E-state index in [0.717, 1.165) is 27.9 Å². The summed E-state index contributed by atoms with van der Waals surface area (Å²) in [6, 6.07) is 11.3. The van der Waals surface area contributed by atoms with Crippen LogP contribution < -0.4 is 15.4 Å². The summed E-state index contributed by atoms with van der Waals surface area (Å²) in [6.07, 6.45) is -1.05. The Morgan fingerprint density at radius 1 is 0.967 bits per heavy atom. The van der Waals surface area contributed by atoms with Gasteiger partial charge in [0.25, 0.3) is 5.91 Å². The van der Waals surface area contributed by atoms with Crippen molar-refractivity contribution in [2.45, 2.75) is 40.7 Å². The summed E-state index contributed by atoms with van der Waals surface area (Å²) in [5.74, 6) is -1.04. The number of benzene rings is 2. The number of hydrogen-bond acceptors (Lipinski definition) is 5. The van der Waals surface area contributed by atoms with Crippen LogP contribution >= 0.6 is 0 Å². The Balaban J connectivity index is 1.77. The average Bonchev–Trinajstić information content (AvgIpc) is 2.66. The summed E-state index contributed by atoms with van der Waals surface area (Å²) in [7, 11) is 0. The topological polar surface area (TPSA) is 93.7 Å². The van der Waals surface area contributed by atoms with Gasteiger partial charge in [0.05, 0.1) is 6.54 Å². The van der Waals surface area contributed by atoms with Gasteiger partial charge in [-0.3, -0.25) is 9.59 Å². The minimum absolute atomic E-state index is 0.229. The van der Waals surface area contributed by atoms with Gasteiger partial charge in [-0.15, -0.1) is 0 Å². The zero-order valence-corrected chi connectivity index (χ0v) is 18.0. The first-order valence-electron chi connectivity index (χ1n) is 9.70. The number of aryl methyl sites for hydroxylation is 4. The number of esters is 1. The Morgan fingerprint density at radius 3 is 2.17 bits per heavy atom. The molecule has 1 unspecified atom stereocenters. The molecule has 1 atom stereocenters. The smallest absolute Gasteiger partial charge is 0.344 e. The van der Waals surface area contributed by atoms with E-state index < -0.39 is 18.0 Å². The molecule has 2 amide bonds. The van der Waals surface area contributed by atoms with Gasteiger partial charge in [0.15, 0.2) is 12.7 Å². The first kappa shape index (κ1) is 22.9. The van der Waals surface area contributed by atoms with Crippen LogP contribution in [0, 0.1) is 27.7 Å². The number of carbonyl (C=O) groups excluding carboxylic acids is 3. The fraction of sp³-hybridized carbons (Fsp3) is 0.348. The molecular weight excluding hydrogens is 384 g/mol. The van der Waals surface area contributed by atoms with E-state index in [9.17, 15) is 14.4 Å². The Bertz CT molecular complexity index is 899. The monoisotopic (exact) mass is 412 g/mol. The number of amides is 2. The second-order valence-corrected chi connectivity index (χ2v) is 7.28. The van der Waals surface area contributed by atoms with E-state index in [1.165, 1.54) is 6.92 Å². The zero-order valence-electron chi connectivity index (χ0n) is 18.0. The Hall–Kier alpha value is -3.35. The second kappa shape index (κ2) is 10.4. The van der Waals surface area contributed by atoms with E-state index in [0.29, 0.717) is 5.75 Å². The minimum atomic E-state index is -1.05. The summed E-state index contributed by atoms with van der Waals surface area (Å²) in [4.78, 5) is 36.2. The Labute approximate surface area is 176 Å². The van der Waals surface area contributed by atoms with Crippen LogP contribution in [0.5, 0.6) is 5.75 Å². The van der Waals surface area contributed by atoms with E-state index in [1.54, 1.807) is 0 Å². The van der Waals surface area contributed by atoms with E-state index in [4.69, 9.17) is 9.47 Å². The fourth-order valence-corrected chi connectivity index (χ4v) is 2.95. The SMILES string of the molecule is Cc1cc(C)cc(OCC(=O)OC(C)C(=O)NCC(=O)Nc2c(C)cccc2C)c1. The second-order valence-electron chi connectivity index (χ2n) is 7.28. The number of hydrogen-bond donors (Lipinski definition) is 2. The molecule has 7 nitrogen and oxygen atoms in total. The van der Waals surface area contributed by atoms with Crippen LogP contribution in [0.4, 0.5) is 5.69 Å². The summed E-state index contributed by atoms with van der Waals surface area (Å²) in [5.41, 5.74) is 4.62. The molecule has 0 aromatic heterocycles. The molecule has 0 saturated heterocycles. The van der Waals surface area contributed by atoms with E-state index in [1.807, 2.05) is 64.1 Å². The quantitative estimate of drug-likeness (QED) is 0.650. The number of para-hydroxylation sites is 1. The molecule has 2 N–H and O–H groups in total. The van der Waals surface area contributed by atoms with Crippen LogP contribution in [0.3, 0.4) is 0 Å². The molecule has 0 saturated carbocycles. The number of ether oxygens (including phenoxy) is 2. The molecule has 0 aliphatic carbocycles. The molecule has 0 radical (unpaired) electrons. The maximum absolute atomic E-state index is 12.1. The number of nitrogens with one attached hydrogen (secondary N) is 2. The highest BCUT2D eigenvalue weighted by Crippen LogP contribution is 2.19. The lowest BCUT2D eigenvalue weighted by molar-refractivity contribution is -0.156. The molecule has 0 bridgehead atoms. The maximum atomic E-state index is 12.1. The molecule has 2 rings (SSSR count). The van der Waals surface area contributed by atoms with Gasteiger partial charge in [-0.2, -0.15) is 0 Å². The van der Waals surface area contributed by atoms with Gasteiger partial charge in [0, 0.05) is 5.69 Å². The van der Waals surface area contributed by atoms with Crippen LogP contribution in [-0.4, -0.2) is 37.0 Å². The van der Waals surface area contributed by atoms with Gasteiger partial charge in [-0.05, 0) is 69.0 Å². The van der Waals surface area contributed by atoms with E-state index in [2.05, 4.69) is 10.6 Å². The lowest BCUT2D eigenvalue weighted by Gasteiger charge is -2.15. The third kappa shape index (κ3) is 6.92. The lowest BCUT2D eigenvalue weighted by atomic mass is 10.1. The average molecular weight is 412 g/mol. The highest BCUT2D eigenvalue weighted by Gasteiger charge is 2.19. The summed E-state index contributed by atoms with van der Waals surface area (Å²) < 4.78 is 10.5. The van der Waals surface area contributed by atoms with Crippen LogP contribution in [0.1, 0.15) is 29.2 Å². The van der Waals surface area contributed by atoms with Gasteiger partial charge < -0.3 is 20.1 Å². The standard InChI is InChI=1S/C23H28N2O5/c1-14-9-15(2)11-19(10-14)29-13-21(27)30-18(5)23(28)24-12-20(26)25-22-16(3)7-6-8-17(22)4/h6-11,18H,12-13H2,1-5H3,(H,24,28)(H,25,26). The highest BCUT2D eigenvalue weighted by atomic mass is 16.6. The molecule has 2 aromatic rings. The first-order chi connectivity index (χ1) is 14.2. The van der Waals surface area contributed by atoms with Crippen LogP contribution in [-0.2, 0) is 19.1 Å². The summed E-state index contributed by atoms with van der Waals surface area (Å²) in [5, 5.41) is 5.25. The molecular formula is C23H28N2O5. The van der Waals surface area contributed by atoms with Crippen LogP contribution in [0.25, 0.3) is 0 Å². The van der Waals surface area contributed by atoms with Crippen molar-refractivity contribution in [2.24, 2.45) is 0 Å². The molecule has 2 aromatic carbocycles. The fourth-order valence-electron chi connectivity index (χ4n) is 2.95. The number of rotatable bonds is 8. The molecule has 0 fully saturated rings. The molecule has 0 aliphatic rings. The Morgan fingerprint density at radius 2 is 1.57 bits per heavy atom. The van der Waals surface area contributed by atoms with Gasteiger partial charge in [0.1, 0.15) is 5.75 Å². The predicted molar refractivity (Wildman–Crippen MR) is 115 cm³/mol. The van der Waals surface area contributed by atoms with Gasteiger partial charge in [0.2, 0.25) is 5.91 Å². The molecule has 0 heterocycles. The third-order valence-corrected chi connectivity index (χ3v) is 4.40. The lowest BCUT2D eigenvalue weighted by Crippen LogP contribution is -2.40. The Kier molecular flexibility index (Phi) is 7.98. The van der Waals surface area contributed by atoms with Crippen LogP contribution in [0.2, 0.25) is 0 Å². The summed E-state index contributed by atoms with van der Waals surface area (Å²) in [6.45, 7) is 8.54. The van der Waals surface area contributed by atoms with Crippen molar-refractivity contribution in [3.63, 3.8) is 0 Å². The maximum Gasteiger partial charge on any atom is 0.344 e. The van der Waals surface area contributed by atoms with Crippen molar-refractivity contribution in [3.05, 3.63) is 58.7 Å². The molecule has 7 heteroatoms. The highest BCUT2D eigenvalue weighted by molar-refractivity contribution is 5.96. The largest absolute Gasteiger partial charge is 0.482 e. The molecule has 0 aliphatic heterocycles. The van der Waals surface area contributed by atoms with Crippen molar-refractivity contribution >= 4 is 23.5 Å². The van der Waals surface area contributed by atoms with Crippen LogP contribution in [0.15, 0.2) is 36.4 Å². The van der Waals surface area contributed by atoms with E-state index in [-0.39, 0.29) is 19.1 Å². The molecule has 160 valence electrons. The van der Waals surface area contributed by atoms with Crippen molar-refractivity contribution in [3.8, 4) is 5.75 Å². The van der Waals surface area contributed by atoms with E-state index >= 15 is 0 Å². The van der Waals surface area contributed by atoms with Gasteiger partial charge >= 0.3 is 5.97 Å². The van der Waals surface area contributed by atoms with Gasteiger partial charge in [-0.25, -0.2) is 4.79 Å². The third-order valence-electron chi connectivity index (χ3n) is 4.40. The number of carbonyl (C=O) groups is 3. The normalized spacial score (nSPS) is 11.4. The summed E-state index contributed by atoms with van der Waals surface area (Å²) >= 11 is 0. The van der Waals surface area contributed by atoms with Crippen molar-refractivity contribution in [1.82, 2.24) is 5.32 Å². The molecule has 30 heavy (non-hydrogen) atoms. The van der Waals surface area contributed by atoms with Crippen molar-refractivity contribution < 1.29 is 23.9 Å². The van der Waals surface area contributed by atoms with Crippen molar-refractivity contribution in [2.75, 3.05) is 18.5 Å².